The van der Waals surface area contributed by atoms with Crippen molar-refractivity contribution >= 4 is 12.0 Å². The van der Waals surface area contributed by atoms with E-state index in [2.05, 4.69) is 10.2 Å². The zero-order chi connectivity index (χ0) is 14.5. The Kier molecular flexibility index (Phi) is 5.19. The zero-order valence-electron chi connectivity index (χ0n) is 11.9. The number of hydrogen-bond acceptors (Lipinski definition) is 4. The molecule has 0 aromatic rings. The number of carboxylic acids is 1. The Balaban J connectivity index is 1.74. The van der Waals surface area contributed by atoms with E-state index in [1.165, 1.54) is 17.7 Å². The van der Waals surface area contributed by atoms with Gasteiger partial charge in [0.05, 0.1) is 19.3 Å². The number of nitrogens with zero attached hydrogens (tertiary/aromatic N) is 2. The molecule has 0 aliphatic carbocycles. The molecule has 2 amide bonds. The van der Waals surface area contributed by atoms with Crippen LogP contribution in [-0.4, -0.2) is 79.4 Å². The minimum absolute atomic E-state index is 0.172. The number of amides is 2. The molecule has 2 saturated heterocycles. The smallest absolute Gasteiger partial charge is 0.317 e. The Morgan fingerprint density at radius 2 is 2.05 bits per heavy atom. The highest BCUT2D eigenvalue weighted by atomic mass is 16.5. The number of carboxylic acid groups (broad SMARTS) is 1. The van der Waals surface area contributed by atoms with Crippen LogP contribution >= 0.6 is 0 Å². The molecule has 0 spiro atoms. The van der Waals surface area contributed by atoms with Gasteiger partial charge < -0.3 is 25.0 Å². The summed E-state index contributed by atoms with van der Waals surface area (Å²) in [4.78, 5) is 26.9. The van der Waals surface area contributed by atoms with Crippen molar-refractivity contribution in [3.05, 3.63) is 0 Å². The molecule has 0 radical (unpaired) electrons. The van der Waals surface area contributed by atoms with Gasteiger partial charge in [-0.2, -0.15) is 0 Å². The van der Waals surface area contributed by atoms with E-state index in [1.54, 1.807) is 7.05 Å². The fourth-order valence-corrected chi connectivity index (χ4v) is 2.76. The molecule has 7 heteroatoms. The van der Waals surface area contributed by atoms with E-state index in [1.807, 2.05) is 0 Å². The maximum absolute atomic E-state index is 12.0. The van der Waals surface area contributed by atoms with Crippen LogP contribution in [0.2, 0.25) is 0 Å². The average Bonchev–Trinajstić information content (AvgIpc) is 3.08. The molecular formula is C13H23N3O4. The van der Waals surface area contributed by atoms with Crippen molar-refractivity contribution in [1.29, 1.82) is 0 Å². The molecule has 2 atom stereocenters. The van der Waals surface area contributed by atoms with Gasteiger partial charge in [0.1, 0.15) is 5.92 Å². The number of ether oxygens (including phenoxy) is 1. The predicted molar refractivity (Wildman–Crippen MR) is 72.6 cm³/mol. The van der Waals surface area contributed by atoms with Crippen LogP contribution in [0.1, 0.15) is 12.8 Å². The third-order valence-corrected chi connectivity index (χ3v) is 4.09. The summed E-state index contributed by atoms with van der Waals surface area (Å²) in [6.07, 6.45) is 2.46. The summed E-state index contributed by atoms with van der Waals surface area (Å²) in [6, 6.07) is -0.620. The lowest BCUT2D eigenvalue weighted by Crippen LogP contribution is -2.49. The first kappa shape index (κ1) is 15.1. The van der Waals surface area contributed by atoms with Crippen molar-refractivity contribution in [3.8, 4) is 0 Å². The molecule has 2 rings (SSSR count). The van der Waals surface area contributed by atoms with Gasteiger partial charge in [-0.3, -0.25) is 4.79 Å². The van der Waals surface area contributed by atoms with Crippen molar-refractivity contribution in [1.82, 2.24) is 15.1 Å². The molecule has 2 heterocycles. The third kappa shape index (κ3) is 3.61. The molecule has 2 aliphatic rings. The van der Waals surface area contributed by atoms with Crippen molar-refractivity contribution in [3.63, 3.8) is 0 Å². The average molecular weight is 285 g/mol. The summed E-state index contributed by atoms with van der Waals surface area (Å²) in [6.45, 7) is 4.10. The van der Waals surface area contributed by atoms with E-state index >= 15 is 0 Å². The number of hydrogen-bond donors (Lipinski definition) is 2. The van der Waals surface area contributed by atoms with Gasteiger partial charge in [0.15, 0.2) is 0 Å². The lowest BCUT2D eigenvalue weighted by molar-refractivity contribution is -0.142. The lowest BCUT2D eigenvalue weighted by atomic mass is 10.0. The summed E-state index contributed by atoms with van der Waals surface area (Å²) in [5, 5.41) is 11.9. The fraction of sp³-hybridized carbons (Fsp3) is 0.846. The van der Waals surface area contributed by atoms with Crippen LogP contribution in [0.4, 0.5) is 4.79 Å². The summed E-state index contributed by atoms with van der Waals surface area (Å²) in [7, 11) is 1.63. The molecule has 0 aromatic heterocycles. The second-order valence-corrected chi connectivity index (χ2v) is 5.44. The Morgan fingerprint density at radius 1 is 1.35 bits per heavy atom. The molecule has 7 nitrogen and oxygen atoms in total. The number of carbonyl (C=O) groups excluding carboxylic acids is 1. The molecule has 20 heavy (non-hydrogen) atoms. The number of likely N-dealkylation sites (tertiary alicyclic amines) is 1. The molecular weight excluding hydrogens is 262 g/mol. The largest absolute Gasteiger partial charge is 0.481 e. The van der Waals surface area contributed by atoms with Crippen molar-refractivity contribution in [2.45, 2.75) is 18.9 Å². The number of likely N-dealkylation sites (N-methyl/N-ethyl adjacent to an activating group) is 1. The van der Waals surface area contributed by atoms with E-state index in [0.29, 0.717) is 6.54 Å². The summed E-state index contributed by atoms with van der Waals surface area (Å²) < 4.78 is 5.18. The summed E-state index contributed by atoms with van der Waals surface area (Å²) in [5.74, 6) is -1.55. The minimum atomic E-state index is -0.913. The predicted octanol–water partition coefficient (Wildman–Crippen LogP) is -0.177. The molecule has 2 aliphatic heterocycles. The van der Waals surface area contributed by atoms with E-state index in [4.69, 9.17) is 9.84 Å². The Hall–Kier alpha value is -1.34. The van der Waals surface area contributed by atoms with E-state index in [0.717, 1.165) is 19.6 Å². The van der Waals surface area contributed by atoms with Crippen LogP contribution in [0, 0.1) is 5.92 Å². The Morgan fingerprint density at radius 3 is 2.70 bits per heavy atom. The van der Waals surface area contributed by atoms with Crippen molar-refractivity contribution in [2.75, 3.05) is 46.4 Å². The summed E-state index contributed by atoms with van der Waals surface area (Å²) >= 11 is 0. The van der Waals surface area contributed by atoms with Gasteiger partial charge in [-0.15, -0.1) is 0 Å². The SMILES string of the molecule is CN(C(=O)NCCN1CCCC1)C1COCC1C(=O)O. The monoisotopic (exact) mass is 285 g/mol. The van der Waals surface area contributed by atoms with E-state index in [9.17, 15) is 9.59 Å². The summed E-state index contributed by atoms with van der Waals surface area (Å²) in [5.41, 5.74) is 0. The van der Waals surface area contributed by atoms with Crippen LogP contribution in [-0.2, 0) is 9.53 Å². The van der Waals surface area contributed by atoms with Crippen LogP contribution in [0.3, 0.4) is 0 Å². The van der Waals surface area contributed by atoms with Gasteiger partial charge in [0.25, 0.3) is 0 Å². The quantitative estimate of drug-likeness (QED) is 0.732. The maximum atomic E-state index is 12.0. The van der Waals surface area contributed by atoms with Crippen LogP contribution < -0.4 is 5.32 Å². The molecule has 0 aromatic carbocycles. The number of urea groups is 1. The number of carbonyl (C=O) groups is 2. The molecule has 2 N–H and O–H groups in total. The minimum Gasteiger partial charge on any atom is -0.481 e. The van der Waals surface area contributed by atoms with E-state index < -0.39 is 11.9 Å². The molecule has 0 saturated carbocycles. The normalized spacial score (nSPS) is 26.6. The highest BCUT2D eigenvalue weighted by Crippen LogP contribution is 2.18. The third-order valence-electron chi connectivity index (χ3n) is 4.09. The lowest BCUT2D eigenvalue weighted by Gasteiger charge is -2.27. The first-order valence-electron chi connectivity index (χ1n) is 7.13. The van der Waals surface area contributed by atoms with E-state index in [-0.39, 0.29) is 25.3 Å². The van der Waals surface area contributed by atoms with Crippen molar-refractivity contribution < 1.29 is 19.4 Å². The van der Waals surface area contributed by atoms with Crippen molar-refractivity contribution in [2.24, 2.45) is 5.92 Å². The first-order valence-corrected chi connectivity index (χ1v) is 7.13. The van der Waals surface area contributed by atoms with Crippen LogP contribution in [0.15, 0.2) is 0 Å². The molecule has 114 valence electrons. The first-order chi connectivity index (χ1) is 9.59. The second kappa shape index (κ2) is 6.90. The van der Waals surface area contributed by atoms with Gasteiger partial charge in [-0.05, 0) is 25.9 Å². The fourth-order valence-electron chi connectivity index (χ4n) is 2.76. The topological polar surface area (TPSA) is 82.1 Å². The maximum Gasteiger partial charge on any atom is 0.317 e. The van der Waals surface area contributed by atoms with Gasteiger partial charge in [0, 0.05) is 20.1 Å². The zero-order valence-corrected chi connectivity index (χ0v) is 11.9. The molecule has 2 fully saturated rings. The highest BCUT2D eigenvalue weighted by Gasteiger charge is 2.38. The Bertz CT molecular complexity index is 358. The van der Waals surface area contributed by atoms with Gasteiger partial charge in [-0.1, -0.05) is 0 Å². The Labute approximate surface area is 118 Å². The second-order valence-electron chi connectivity index (χ2n) is 5.44. The molecule has 0 bridgehead atoms. The van der Waals surface area contributed by atoms with Crippen LogP contribution in [0.25, 0.3) is 0 Å². The number of nitrogens with one attached hydrogen (secondary N) is 1. The van der Waals surface area contributed by atoms with Crippen LogP contribution in [0.5, 0.6) is 0 Å². The van der Waals surface area contributed by atoms with Gasteiger partial charge in [-0.25, -0.2) is 4.79 Å². The highest BCUT2D eigenvalue weighted by molar-refractivity contribution is 5.77. The number of aliphatic carboxylic acids is 1. The number of rotatable bonds is 5. The standard InChI is InChI=1S/C13H23N3O4/c1-15(11-9-20-8-10(11)12(17)18)13(19)14-4-7-16-5-2-3-6-16/h10-11H,2-9H2,1H3,(H,14,19)(H,17,18). The molecule has 2 unspecified atom stereocenters. The van der Waals surface area contributed by atoms with Gasteiger partial charge >= 0.3 is 12.0 Å². The van der Waals surface area contributed by atoms with Gasteiger partial charge in [0.2, 0.25) is 0 Å².